The number of hydrogen-bond donors (Lipinski definition) is 2. The molecule has 1 heterocycles. The van der Waals surface area contributed by atoms with Gasteiger partial charge in [0.1, 0.15) is 17.2 Å². The first-order chi connectivity index (χ1) is 16.2. The van der Waals surface area contributed by atoms with Crippen molar-refractivity contribution in [3.05, 3.63) is 30.1 Å². The number of amides is 1. The maximum absolute atomic E-state index is 13.6. The van der Waals surface area contributed by atoms with Crippen LogP contribution in [0.3, 0.4) is 0 Å². The van der Waals surface area contributed by atoms with E-state index in [4.69, 9.17) is 9.47 Å². The van der Waals surface area contributed by atoms with Crippen molar-refractivity contribution in [3.8, 4) is 0 Å². The maximum atomic E-state index is 13.6. The third-order valence-electron chi connectivity index (χ3n) is 4.24. The number of aliphatic hydroxyl groups is 1. The maximum Gasteiger partial charge on any atom is 0.423 e. The molecule has 2 atom stereocenters. The van der Waals surface area contributed by atoms with E-state index in [1.807, 2.05) is 0 Å². The molecule has 0 spiro atoms. The van der Waals surface area contributed by atoms with Gasteiger partial charge in [0.05, 0.1) is 11.4 Å². The molecule has 204 valence electrons. The molecule has 36 heavy (non-hydrogen) atoms. The third kappa shape index (κ3) is 10.5. The van der Waals surface area contributed by atoms with Gasteiger partial charge in [-0.05, 0) is 53.7 Å². The molecule has 14 heteroatoms. The zero-order valence-electron chi connectivity index (χ0n) is 20.9. The van der Waals surface area contributed by atoms with E-state index in [9.17, 15) is 36.3 Å². The van der Waals surface area contributed by atoms with Crippen LogP contribution in [-0.4, -0.2) is 66.0 Å². The van der Waals surface area contributed by atoms with Gasteiger partial charge in [0.2, 0.25) is 5.60 Å². The van der Waals surface area contributed by atoms with Crippen molar-refractivity contribution in [3.63, 3.8) is 0 Å². The second-order valence-electron chi connectivity index (χ2n) is 9.87. The summed E-state index contributed by atoms with van der Waals surface area (Å²) in [6.07, 6.45) is -6.11. The molecule has 0 radical (unpaired) electrons. The number of rotatable bonds is 9. The fourth-order valence-corrected chi connectivity index (χ4v) is 3.62. The van der Waals surface area contributed by atoms with Gasteiger partial charge in [0.25, 0.3) is 10.0 Å². The van der Waals surface area contributed by atoms with Crippen LogP contribution in [0.1, 0.15) is 60.1 Å². The number of esters is 1. The summed E-state index contributed by atoms with van der Waals surface area (Å²) in [4.78, 5) is 28.1. The lowest BCUT2D eigenvalue weighted by molar-refractivity contribution is -0.268. The Kier molecular flexibility index (Phi) is 10.0. The van der Waals surface area contributed by atoms with Gasteiger partial charge in [-0.2, -0.15) is 17.6 Å². The predicted octanol–water partition coefficient (Wildman–Crippen LogP) is 3.25. The van der Waals surface area contributed by atoms with Gasteiger partial charge in [-0.15, -0.1) is 0 Å². The van der Waals surface area contributed by atoms with Crippen molar-refractivity contribution in [1.82, 2.24) is 10.3 Å². The van der Waals surface area contributed by atoms with Crippen molar-refractivity contribution in [1.29, 1.82) is 0 Å². The first kappa shape index (κ1) is 31.3. The fourth-order valence-electron chi connectivity index (χ4n) is 2.65. The molecule has 0 fully saturated rings. The number of pyridine rings is 1. The molecule has 2 N–H and O–H groups in total. The SMILES string of the molecule is CC(C)(C)OC(=O)N[C@@H](CC=NS(=O)(=O)CCC(O)(c1ccccn1)C(F)(F)F)C(=O)OC(C)(C)C. The average molecular weight is 540 g/mol. The minimum Gasteiger partial charge on any atom is -0.458 e. The molecular weight excluding hydrogens is 507 g/mol. The van der Waals surface area contributed by atoms with Crippen molar-refractivity contribution >= 4 is 28.3 Å². The Bertz CT molecular complexity index is 1030. The Balaban J connectivity index is 3.01. The number of hydrogen-bond acceptors (Lipinski definition) is 8. The number of sulfonamides is 1. The molecule has 1 aromatic heterocycles. The standard InChI is InChI=1S/C22H32F3N3O7S/c1-19(2,3)34-17(29)15(28-18(30)35-20(4,5)6)10-13-27-36(32,33)14-11-21(31,22(23,24)25)16-9-7-8-12-26-16/h7-9,12-13,15,31H,10-11,14H2,1-6H3,(H,28,30)/t15-,21?/m0/s1. The Hall–Kier alpha value is -2.74. The molecule has 0 saturated heterocycles. The van der Waals surface area contributed by atoms with Crippen molar-refractivity contribution in [2.45, 2.75) is 83.4 Å². The average Bonchev–Trinajstić information content (AvgIpc) is 2.68. The van der Waals surface area contributed by atoms with Crippen LogP contribution in [0.2, 0.25) is 0 Å². The van der Waals surface area contributed by atoms with E-state index in [2.05, 4.69) is 14.7 Å². The Morgan fingerprint density at radius 1 is 1.11 bits per heavy atom. The zero-order valence-corrected chi connectivity index (χ0v) is 21.7. The summed E-state index contributed by atoms with van der Waals surface area (Å²) >= 11 is 0. The minimum absolute atomic E-state index is 0.461. The summed E-state index contributed by atoms with van der Waals surface area (Å²) < 4.78 is 78.9. The number of alkyl carbamates (subject to hydrolysis) is 1. The molecule has 1 rings (SSSR count). The molecule has 0 aliphatic heterocycles. The van der Waals surface area contributed by atoms with E-state index in [-0.39, 0.29) is 0 Å². The summed E-state index contributed by atoms with van der Waals surface area (Å²) in [7, 11) is -4.51. The molecule has 0 aliphatic carbocycles. The van der Waals surface area contributed by atoms with E-state index < -0.39 is 75.4 Å². The quantitative estimate of drug-likeness (QED) is 0.359. The van der Waals surface area contributed by atoms with Gasteiger partial charge in [0.15, 0.2) is 0 Å². The number of carbonyl (C=O) groups excluding carboxylic acids is 2. The van der Waals surface area contributed by atoms with Crippen molar-refractivity contribution in [2.75, 3.05) is 5.75 Å². The summed E-state index contributed by atoms with van der Waals surface area (Å²) in [5.41, 5.74) is -6.10. The second-order valence-corrected chi connectivity index (χ2v) is 11.6. The van der Waals surface area contributed by atoms with E-state index in [1.54, 1.807) is 41.5 Å². The number of carbonyl (C=O) groups is 2. The van der Waals surface area contributed by atoms with Crippen LogP contribution >= 0.6 is 0 Å². The van der Waals surface area contributed by atoms with Gasteiger partial charge in [-0.1, -0.05) is 6.07 Å². The highest BCUT2D eigenvalue weighted by molar-refractivity contribution is 7.90. The third-order valence-corrected chi connectivity index (χ3v) is 5.43. The molecule has 0 bridgehead atoms. The summed E-state index contributed by atoms with van der Waals surface area (Å²) in [6.45, 7) is 9.52. The topological polar surface area (TPSA) is 144 Å². The van der Waals surface area contributed by atoms with Crippen LogP contribution in [0.25, 0.3) is 0 Å². The number of nitrogens with zero attached hydrogens (tertiary/aromatic N) is 2. The van der Waals surface area contributed by atoms with E-state index in [0.29, 0.717) is 0 Å². The molecule has 0 aliphatic rings. The number of aromatic nitrogens is 1. The van der Waals surface area contributed by atoms with Crippen molar-refractivity contribution < 1.29 is 45.8 Å². The monoisotopic (exact) mass is 539 g/mol. The molecule has 1 amide bonds. The highest BCUT2D eigenvalue weighted by Gasteiger charge is 2.56. The number of ether oxygens (including phenoxy) is 2. The number of halogens is 3. The van der Waals surface area contributed by atoms with E-state index in [0.717, 1.165) is 18.5 Å². The lowest BCUT2D eigenvalue weighted by Gasteiger charge is -2.29. The normalized spacial score (nSPS) is 15.7. The lowest BCUT2D eigenvalue weighted by atomic mass is 9.95. The first-order valence-corrected chi connectivity index (χ1v) is 12.5. The molecular formula is C22H32F3N3O7S. The summed E-state index contributed by atoms with van der Waals surface area (Å²) in [5.74, 6) is -2.08. The molecule has 0 saturated carbocycles. The summed E-state index contributed by atoms with van der Waals surface area (Å²) in [5, 5.41) is 12.5. The molecule has 10 nitrogen and oxygen atoms in total. The van der Waals surface area contributed by atoms with Crippen LogP contribution in [0.4, 0.5) is 18.0 Å². The predicted molar refractivity (Wildman–Crippen MR) is 125 cm³/mol. The van der Waals surface area contributed by atoms with E-state index >= 15 is 0 Å². The van der Waals surface area contributed by atoms with Crippen molar-refractivity contribution in [2.24, 2.45) is 4.40 Å². The number of alkyl halides is 3. The highest BCUT2D eigenvalue weighted by Crippen LogP contribution is 2.41. The first-order valence-electron chi connectivity index (χ1n) is 10.8. The Morgan fingerprint density at radius 2 is 1.69 bits per heavy atom. The van der Waals surface area contributed by atoms with E-state index in [1.165, 1.54) is 12.1 Å². The van der Waals surface area contributed by atoms with Gasteiger partial charge < -0.3 is 19.9 Å². The van der Waals surface area contributed by atoms with Gasteiger partial charge in [-0.3, -0.25) is 4.98 Å². The van der Waals surface area contributed by atoms with Crippen LogP contribution in [0, 0.1) is 0 Å². The Labute approximate surface area is 208 Å². The zero-order chi connectivity index (χ0) is 28.0. The number of nitrogens with one attached hydrogen (secondary N) is 1. The Morgan fingerprint density at radius 3 is 2.17 bits per heavy atom. The van der Waals surface area contributed by atoms with Crippen LogP contribution in [0.5, 0.6) is 0 Å². The van der Waals surface area contributed by atoms with Crippen LogP contribution in [-0.2, 0) is 29.9 Å². The van der Waals surface area contributed by atoms with Crippen LogP contribution in [0.15, 0.2) is 28.8 Å². The fraction of sp³-hybridized carbons (Fsp3) is 0.636. The molecule has 1 aromatic rings. The molecule has 1 unspecified atom stereocenters. The van der Waals surface area contributed by atoms with Crippen LogP contribution < -0.4 is 5.32 Å². The summed E-state index contributed by atoms with van der Waals surface area (Å²) in [6, 6.07) is 2.10. The smallest absolute Gasteiger partial charge is 0.423 e. The lowest BCUT2D eigenvalue weighted by Crippen LogP contribution is -2.46. The van der Waals surface area contributed by atoms with Gasteiger partial charge in [0, 0.05) is 25.3 Å². The highest BCUT2D eigenvalue weighted by atomic mass is 32.2. The second kappa shape index (κ2) is 11.5. The molecule has 0 aromatic carbocycles. The largest absolute Gasteiger partial charge is 0.458 e. The minimum atomic E-state index is -5.21. The van der Waals surface area contributed by atoms with Gasteiger partial charge in [-0.25, -0.2) is 18.0 Å². The van der Waals surface area contributed by atoms with Gasteiger partial charge >= 0.3 is 18.2 Å².